The molecule has 1 aromatic carbocycles. The summed E-state index contributed by atoms with van der Waals surface area (Å²) in [4.78, 5) is 0. The lowest BCUT2D eigenvalue weighted by Crippen LogP contribution is -2.11. The second kappa shape index (κ2) is 5.42. The molecule has 0 radical (unpaired) electrons. The van der Waals surface area contributed by atoms with Crippen molar-refractivity contribution >= 4 is 33.2 Å². The van der Waals surface area contributed by atoms with Crippen molar-refractivity contribution in [3.8, 4) is 0 Å². The fraction of sp³-hybridized carbons (Fsp3) is 0.538. The molecule has 0 aromatic heterocycles. The van der Waals surface area contributed by atoms with E-state index >= 15 is 0 Å². The number of aryl methyl sites for hydroxylation is 1. The van der Waals surface area contributed by atoms with Gasteiger partial charge in [0, 0.05) is 21.7 Å². The highest BCUT2D eigenvalue weighted by molar-refractivity contribution is 9.10. The number of halogens is 2. The molecular weight excluding hydrogens is 286 g/mol. The SMILES string of the molecule is Cc1cc(Br)c(NCC2CCCC2)cc1Cl. The second-order valence-corrected chi connectivity index (χ2v) is 5.87. The van der Waals surface area contributed by atoms with Gasteiger partial charge in [-0.2, -0.15) is 0 Å². The Balaban J connectivity index is 2.00. The summed E-state index contributed by atoms with van der Waals surface area (Å²) >= 11 is 9.69. The fourth-order valence-corrected chi connectivity index (χ4v) is 3.01. The third-order valence-electron chi connectivity index (χ3n) is 3.30. The number of rotatable bonds is 3. The van der Waals surface area contributed by atoms with Crippen LogP contribution in [0.2, 0.25) is 5.02 Å². The molecule has 0 unspecified atom stereocenters. The maximum atomic E-state index is 6.12. The largest absolute Gasteiger partial charge is 0.384 e. The van der Waals surface area contributed by atoms with Gasteiger partial charge < -0.3 is 5.32 Å². The van der Waals surface area contributed by atoms with Crippen LogP contribution >= 0.6 is 27.5 Å². The second-order valence-electron chi connectivity index (χ2n) is 4.61. The minimum atomic E-state index is 0.831. The molecule has 0 saturated heterocycles. The van der Waals surface area contributed by atoms with Crippen LogP contribution in [0, 0.1) is 12.8 Å². The summed E-state index contributed by atoms with van der Waals surface area (Å²) in [6.07, 6.45) is 5.51. The lowest BCUT2D eigenvalue weighted by molar-refractivity contribution is 0.580. The van der Waals surface area contributed by atoms with Gasteiger partial charge in [-0.15, -0.1) is 0 Å². The zero-order valence-electron chi connectivity index (χ0n) is 9.52. The van der Waals surface area contributed by atoms with E-state index in [1.165, 1.54) is 25.7 Å². The Hall–Kier alpha value is -0.210. The minimum absolute atomic E-state index is 0.831. The van der Waals surface area contributed by atoms with Gasteiger partial charge in [0.25, 0.3) is 0 Å². The van der Waals surface area contributed by atoms with E-state index in [4.69, 9.17) is 11.6 Å². The summed E-state index contributed by atoms with van der Waals surface area (Å²) in [5.41, 5.74) is 2.22. The molecular formula is C13H17BrClN. The maximum Gasteiger partial charge on any atom is 0.0499 e. The number of anilines is 1. The monoisotopic (exact) mass is 301 g/mol. The van der Waals surface area contributed by atoms with Gasteiger partial charge >= 0.3 is 0 Å². The van der Waals surface area contributed by atoms with Crippen LogP contribution in [0.25, 0.3) is 0 Å². The summed E-state index contributed by atoms with van der Waals surface area (Å²) in [5, 5.41) is 4.32. The van der Waals surface area contributed by atoms with E-state index in [-0.39, 0.29) is 0 Å². The Kier molecular flexibility index (Phi) is 4.15. The molecule has 1 aliphatic carbocycles. The van der Waals surface area contributed by atoms with E-state index in [0.29, 0.717) is 0 Å². The van der Waals surface area contributed by atoms with Crippen molar-refractivity contribution in [1.82, 2.24) is 0 Å². The Bertz CT molecular complexity index is 372. The van der Waals surface area contributed by atoms with Crippen molar-refractivity contribution in [2.75, 3.05) is 11.9 Å². The molecule has 1 fully saturated rings. The van der Waals surface area contributed by atoms with E-state index in [1.54, 1.807) is 0 Å². The molecule has 0 heterocycles. The zero-order chi connectivity index (χ0) is 11.5. The molecule has 1 aromatic rings. The fourth-order valence-electron chi connectivity index (χ4n) is 2.25. The molecule has 0 bridgehead atoms. The van der Waals surface area contributed by atoms with Crippen LogP contribution in [0.5, 0.6) is 0 Å². The lowest BCUT2D eigenvalue weighted by atomic mass is 10.1. The molecule has 2 rings (SSSR count). The minimum Gasteiger partial charge on any atom is -0.384 e. The lowest BCUT2D eigenvalue weighted by Gasteiger charge is -2.14. The molecule has 0 aliphatic heterocycles. The van der Waals surface area contributed by atoms with Gasteiger partial charge in [-0.25, -0.2) is 0 Å². The van der Waals surface area contributed by atoms with Gasteiger partial charge in [0.05, 0.1) is 0 Å². The van der Waals surface area contributed by atoms with Gasteiger partial charge in [0.1, 0.15) is 0 Å². The van der Waals surface area contributed by atoms with Crippen LogP contribution < -0.4 is 5.32 Å². The van der Waals surface area contributed by atoms with Gasteiger partial charge in [-0.05, 0) is 59.3 Å². The predicted octanol–water partition coefficient (Wildman–Crippen LogP) is 5.01. The molecule has 1 aliphatic rings. The molecule has 3 heteroatoms. The maximum absolute atomic E-state index is 6.12. The first kappa shape index (κ1) is 12.3. The van der Waals surface area contributed by atoms with Gasteiger partial charge in [0.2, 0.25) is 0 Å². The number of nitrogens with one attached hydrogen (secondary N) is 1. The van der Waals surface area contributed by atoms with Crippen LogP contribution in [0.15, 0.2) is 16.6 Å². The molecule has 1 N–H and O–H groups in total. The number of hydrogen-bond acceptors (Lipinski definition) is 1. The third kappa shape index (κ3) is 2.92. The number of benzene rings is 1. The topological polar surface area (TPSA) is 12.0 Å². The molecule has 16 heavy (non-hydrogen) atoms. The molecule has 1 nitrogen and oxygen atoms in total. The number of hydrogen-bond donors (Lipinski definition) is 1. The van der Waals surface area contributed by atoms with E-state index in [0.717, 1.165) is 33.2 Å². The summed E-state index contributed by atoms with van der Waals surface area (Å²) in [6, 6.07) is 4.08. The van der Waals surface area contributed by atoms with Gasteiger partial charge in [-0.1, -0.05) is 24.4 Å². The molecule has 0 atom stereocenters. The molecule has 0 amide bonds. The van der Waals surface area contributed by atoms with Gasteiger partial charge in [-0.3, -0.25) is 0 Å². The third-order valence-corrected chi connectivity index (χ3v) is 4.37. The Morgan fingerprint density at radius 3 is 2.75 bits per heavy atom. The summed E-state index contributed by atoms with van der Waals surface area (Å²) in [7, 11) is 0. The molecule has 88 valence electrons. The normalized spacial score (nSPS) is 16.7. The zero-order valence-corrected chi connectivity index (χ0v) is 11.9. The van der Waals surface area contributed by atoms with Gasteiger partial charge in [0.15, 0.2) is 0 Å². The highest BCUT2D eigenvalue weighted by Gasteiger charge is 2.15. The van der Waals surface area contributed by atoms with Crippen LogP contribution in [-0.2, 0) is 0 Å². The van der Waals surface area contributed by atoms with Crippen molar-refractivity contribution in [3.63, 3.8) is 0 Å². The smallest absolute Gasteiger partial charge is 0.0499 e. The van der Waals surface area contributed by atoms with E-state index in [1.807, 2.05) is 13.0 Å². The van der Waals surface area contributed by atoms with E-state index in [2.05, 4.69) is 27.3 Å². The van der Waals surface area contributed by atoms with Crippen molar-refractivity contribution < 1.29 is 0 Å². The highest BCUT2D eigenvalue weighted by atomic mass is 79.9. The average molecular weight is 303 g/mol. The van der Waals surface area contributed by atoms with Crippen molar-refractivity contribution in [2.24, 2.45) is 5.92 Å². The Morgan fingerprint density at radius 2 is 2.06 bits per heavy atom. The van der Waals surface area contributed by atoms with E-state index < -0.39 is 0 Å². The summed E-state index contributed by atoms with van der Waals surface area (Å²) < 4.78 is 1.10. The first-order chi connectivity index (χ1) is 7.66. The standard InChI is InChI=1S/C13H17BrClN/c1-9-6-11(14)13(7-12(9)15)16-8-10-4-2-3-5-10/h6-7,10,16H,2-5,8H2,1H3. The summed E-state index contributed by atoms with van der Waals surface area (Å²) in [6.45, 7) is 3.09. The Morgan fingerprint density at radius 1 is 1.38 bits per heavy atom. The van der Waals surface area contributed by atoms with E-state index in [9.17, 15) is 0 Å². The highest BCUT2D eigenvalue weighted by Crippen LogP contribution is 2.31. The first-order valence-corrected chi connectivity index (χ1v) is 7.03. The predicted molar refractivity (Wildman–Crippen MR) is 74.3 cm³/mol. The first-order valence-electron chi connectivity index (χ1n) is 5.86. The van der Waals surface area contributed by atoms with Crippen molar-refractivity contribution in [1.29, 1.82) is 0 Å². The molecule has 0 spiro atoms. The van der Waals surface area contributed by atoms with Crippen LogP contribution in [0.3, 0.4) is 0 Å². The van der Waals surface area contributed by atoms with Crippen LogP contribution in [0.1, 0.15) is 31.2 Å². The molecule has 1 saturated carbocycles. The average Bonchev–Trinajstić information content (AvgIpc) is 2.74. The summed E-state index contributed by atoms with van der Waals surface area (Å²) in [5.74, 6) is 0.840. The van der Waals surface area contributed by atoms with Crippen molar-refractivity contribution in [2.45, 2.75) is 32.6 Å². The van der Waals surface area contributed by atoms with Crippen LogP contribution in [0.4, 0.5) is 5.69 Å². The van der Waals surface area contributed by atoms with Crippen LogP contribution in [-0.4, -0.2) is 6.54 Å². The quantitative estimate of drug-likeness (QED) is 0.827. The Labute approximate surface area is 111 Å². The van der Waals surface area contributed by atoms with Crippen molar-refractivity contribution in [3.05, 3.63) is 27.2 Å².